The number of nitro groups is 1. The third-order valence-corrected chi connectivity index (χ3v) is 9.95. The summed E-state index contributed by atoms with van der Waals surface area (Å²) in [6, 6.07) is 25.0. The molecule has 6 aromatic carbocycles. The predicted octanol–water partition coefficient (Wildman–Crippen LogP) is 5.92. The van der Waals surface area contributed by atoms with Gasteiger partial charge in [0.1, 0.15) is 9.79 Å². The third-order valence-electron chi connectivity index (χ3n) is 8.16. The van der Waals surface area contributed by atoms with Crippen LogP contribution in [-0.2, 0) is 37.6 Å². The first kappa shape index (κ1) is 42.3. The number of fused-ring (bicyclic) bond motifs is 2. The molecule has 0 atom stereocenters. The molecular formula is C36H24CrN7O12S2. The number of aromatic amines is 1. The van der Waals surface area contributed by atoms with Crippen LogP contribution in [0.1, 0.15) is 5.69 Å². The van der Waals surface area contributed by atoms with Crippen molar-refractivity contribution in [2.24, 2.45) is 20.5 Å². The number of azo groups is 2. The summed E-state index contributed by atoms with van der Waals surface area (Å²) < 4.78 is 67.2. The molecule has 22 heteroatoms. The summed E-state index contributed by atoms with van der Waals surface area (Å²) in [6.07, 6.45) is 0. The van der Waals surface area contributed by atoms with Gasteiger partial charge in [-0.2, -0.15) is 32.2 Å². The number of hydrogen-bond acceptors (Lipinski definition) is 14. The van der Waals surface area contributed by atoms with Gasteiger partial charge in [0.2, 0.25) is 0 Å². The molecule has 0 saturated carbocycles. The van der Waals surface area contributed by atoms with E-state index in [-0.39, 0.29) is 61.7 Å². The van der Waals surface area contributed by atoms with Crippen LogP contribution in [0.3, 0.4) is 0 Å². The molecule has 58 heavy (non-hydrogen) atoms. The van der Waals surface area contributed by atoms with Crippen LogP contribution in [0.25, 0.3) is 27.2 Å². The van der Waals surface area contributed by atoms with E-state index in [1.807, 2.05) is 6.07 Å². The second-order valence-electron chi connectivity index (χ2n) is 11.9. The van der Waals surface area contributed by atoms with E-state index >= 15 is 0 Å². The zero-order valence-corrected chi connectivity index (χ0v) is 32.2. The Morgan fingerprint density at radius 1 is 0.655 bits per heavy atom. The van der Waals surface area contributed by atoms with E-state index in [1.165, 1.54) is 53.2 Å². The summed E-state index contributed by atoms with van der Waals surface area (Å²) in [7, 11) is -9.42. The number of non-ortho nitro benzene ring substituents is 1. The zero-order chi connectivity index (χ0) is 41.2. The van der Waals surface area contributed by atoms with E-state index in [0.29, 0.717) is 17.4 Å². The fourth-order valence-corrected chi connectivity index (χ4v) is 6.99. The minimum Gasteiger partial charge on any atom is -0.871 e. The Hall–Kier alpha value is -6.80. The molecule has 3 N–H and O–H groups in total. The quantitative estimate of drug-likeness (QED) is 0.0694. The number of H-pyrrole nitrogens is 1. The van der Waals surface area contributed by atoms with Crippen LogP contribution >= 0.6 is 0 Å². The Kier molecular flexibility index (Phi) is 12.2. The number of aromatic nitrogens is 2. The maximum atomic E-state index is 12.6. The first-order chi connectivity index (χ1) is 27.0. The van der Waals surface area contributed by atoms with Gasteiger partial charge in [-0.15, -0.1) is 5.11 Å². The summed E-state index contributed by atoms with van der Waals surface area (Å²) in [5.74, 6) is -2.26. The maximum Gasteiger partial charge on any atom is 3.00 e. The third kappa shape index (κ3) is 8.77. The van der Waals surface area contributed by atoms with Crippen molar-refractivity contribution in [3.8, 4) is 22.9 Å². The smallest absolute Gasteiger partial charge is 0.871 e. The van der Waals surface area contributed by atoms with Gasteiger partial charge in [-0.25, -0.2) is 4.68 Å². The van der Waals surface area contributed by atoms with E-state index in [1.54, 1.807) is 31.2 Å². The minimum absolute atomic E-state index is 0. The summed E-state index contributed by atoms with van der Waals surface area (Å²) in [4.78, 5) is 21.2. The van der Waals surface area contributed by atoms with Gasteiger partial charge >= 0.3 is 17.4 Å². The SMILES string of the molecule is Cc1[nH]n(-c2ccccc2)c(=O)c1N=Nc1ccc([N+](=O)[O-])cc1[O-].O=S(=O)(O)c1cc([O-])c(N=Nc2c([O-])ccc3cccc(S(=O)(=O)O)c23)c2ccccc12.[Cr+3]. The largest absolute Gasteiger partial charge is 3.00 e. The summed E-state index contributed by atoms with van der Waals surface area (Å²) in [5.41, 5.74) is -0.413. The summed E-state index contributed by atoms with van der Waals surface area (Å²) in [6.45, 7) is 1.66. The Balaban J connectivity index is 0.000000224. The molecule has 0 aliphatic rings. The van der Waals surface area contributed by atoms with Crippen molar-refractivity contribution in [3.63, 3.8) is 0 Å². The molecule has 7 rings (SSSR count). The number of nitrogens with one attached hydrogen (secondary N) is 1. The number of benzene rings is 6. The zero-order valence-electron chi connectivity index (χ0n) is 29.3. The van der Waals surface area contributed by atoms with Crippen LogP contribution < -0.4 is 20.9 Å². The van der Waals surface area contributed by atoms with Gasteiger partial charge in [-0.05, 0) is 42.6 Å². The van der Waals surface area contributed by atoms with Crippen LogP contribution in [0.4, 0.5) is 28.4 Å². The fourth-order valence-electron chi connectivity index (χ4n) is 5.56. The van der Waals surface area contributed by atoms with Crippen molar-refractivity contribution in [3.05, 3.63) is 135 Å². The molecule has 0 aliphatic heterocycles. The van der Waals surface area contributed by atoms with E-state index in [4.69, 9.17) is 0 Å². The molecule has 293 valence electrons. The van der Waals surface area contributed by atoms with Gasteiger partial charge < -0.3 is 15.3 Å². The van der Waals surface area contributed by atoms with Crippen LogP contribution in [0, 0.1) is 17.0 Å². The van der Waals surface area contributed by atoms with Gasteiger partial charge in [-0.3, -0.25) is 29.1 Å². The Morgan fingerprint density at radius 2 is 1.28 bits per heavy atom. The average molecular weight is 863 g/mol. The first-order valence-electron chi connectivity index (χ1n) is 16.0. The van der Waals surface area contributed by atoms with Crippen LogP contribution in [0.2, 0.25) is 0 Å². The predicted molar refractivity (Wildman–Crippen MR) is 198 cm³/mol. The van der Waals surface area contributed by atoms with E-state index in [0.717, 1.165) is 24.3 Å². The van der Waals surface area contributed by atoms with E-state index in [2.05, 4.69) is 25.6 Å². The molecule has 1 heterocycles. The number of aryl methyl sites for hydroxylation is 1. The molecule has 0 saturated heterocycles. The van der Waals surface area contributed by atoms with Crippen molar-refractivity contribution < 1.29 is 63.5 Å². The average Bonchev–Trinajstić information content (AvgIpc) is 3.45. The Labute approximate surface area is 337 Å². The van der Waals surface area contributed by atoms with E-state index in [9.17, 15) is 56.2 Å². The monoisotopic (exact) mass is 862 g/mol. The Bertz CT molecular complexity index is 3080. The minimum atomic E-state index is -4.71. The molecule has 1 radical (unpaired) electrons. The molecule has 7 aromatic rings. The van der Waals surface area contributed by atoms with Gasteiger partial charge in [0.25, 0.3) is 31.5 Å². The normalized spacial score (nSPS) is 11.8. The van der Waals surface area contributed by atoms with Crippen molar-refractivity contribution in [1.29, 1.82) is 0 Å². The number of nitro benzene ring substituents is 1. The van der Waals surface area contributed by atoms with Crippen molar-refractivity contribution >= 4 is 70.2 Å². The number of rotatable bonds is 8. The van der Waals surface area contributed by atoms with Crippen molar-refractivity contribution in [2.75, 3.05) is 0 Å². The summed E-state index contributed by atoms with van der Waals surface area (Å²) >= 11 is 0. The Morgan fingerprint density at radius 3 is 1.91 bits per heavy atom. The molecule has 0 bridgehead atoms. The van der Waals surface area contributed by atoms with Crippen molar-refractivity contribution in [2.45, 2.75) is 16.7 Å². The molecule has 0 amide bonds. The van der Waals surface area contributed by atoms with E-state index < -0.39 is 63.4 Å². The van der Waals surface area contributed by atoms with Crippen LogP contribution in [-0.4, -0.2) is 40.6 Å². The van der Waals surface area contributed by atoms with Crippen molar-refractivity contribution in [1.82, 2.24) is 9.78 Å². The number of nitrogens with zero attached hydrogens (tertiary/aromatic N) is 6. The number of hydrogen-bond donors (Lipinski definition) is 3. The maximum absolute atomic E-state index is 12.6. The molecular weight excluding hydrogens is 839 g/mol. The number of para-hydroxylation sites is 1. The molecule has 0 aliphatic carbocycles. The summed E-state index contributed by atoms with van der Waals surface area (Å²) in [5, 5.41) is 65.7. The second-order valence-corrected chi connectivity index (χ2v) is 14.6. The molecule has 1 aromatic heterocycles. The van der Waals surface area contributed by atoms with Gasteiger partial charge in [0.05, 0.1) is 33.4 Å². The molecule has 0 unspecified atom stereocenters. The fraction of sp³-hybridized carbons (Fsp3) is 0.0278. The topological polar surface area (TPSA) is 308 Å². The molecule has 0 spiro atoms. The van der Waals surface area contributed by atoms with Gasteiger partial charge in [-0.1, -0.05) is 84.0 Å². The van der Waals surface area contributed by atoms with Gasteiger partial charge in [0, 0.05) is 28.3 Å². The first-order valence-corrected chi connectivity index (χ1v) is 18.9. The molecule has 19 nitrogen and oxygen atoms in total. The molecule has 0 fully saturated rings. The standard InChI is InChI=1S/C20H14N2O8S2.C16H13N5O4.Cr/c23-14-9-8-11-4-3-7-16(31(25,26)27)18(11)20(14)22-21-19-13-6-2-1-5-12(13)17(10-15(19)24)32(28,29)30;1-10-15(16(23)20(19-10)11-5-3-2-4-6-11)18-17-13-8-7-12(21(24)25)9-14(13)22;/h1-10,23-24H,(H,25,26,27)(H,28,29,30);2-9,19,22H,1H3;/q;;+3/p-3. The van der Waals surface area contributed by atoms with Crippen LogP contribution in [0.5, 0.6) is 17.2 Å². The van der Waals surface area contributed by atoms with Crippen LogP contribution in [0.15, 0.2) is 144 Å². The second kappa shape index (κ2) is 16.7. The van der Waals surface area contributed by atoms with Gasteiger partial charge in [0.15, 0.2) is 5.69 Å².